The summed E-state index contributed by atoms with van der Waals surface area (Å²) in [5.41, 5.74) is 4.60. The van der Waals surface area contributed by atoms with Crippen molar-refractivity contribution >= 4 is 5.97 Å². The maximum absolute atomic E-state index is 11.5. The first kappa shape index (κ1) is 10.2. The van der Waals surface area contributed by atoms with Gasteiger partial charge >= 0.3 is 5.97 Å². The van der Waals surface area contributed by atoms with Crippen LogP contribution in [0.3, 0.4) is 0 Å². The van der Waals surface area contributed by atoms with Gasteiger partial charge in [-0.05, 0) is 55.4 Å². The van der Waals surface area contributed by atoms with Crippen molar-refractivity contribution in [1.29, 1.82) is 0 Å². The van der Waals surface area contributed by atoms with E-state index >= 15 is 0 Å². The smallest absolute Gasteiger partial charge is 0.338 e. The molecule has 0 heterocycles. The van der Waals surface area contributed by atoms with E-state index in [1.165, 1.54) is 31.1 Å². The number of carbonyl (C=O) groups excluding carboxylic acids is 1. The standard InChI is InChI=1S/C13H16O2/c1-9-11-6-4-3-5-10(11)7-8-12(9)13(14)15-2/h7-8H,3-6H2,1-2H3. The van der Waals surface area contributed by atoms with Crippen LogP contribution in [0.25, 0.3) is 0 Å². The van der Waals surface area contributed by atoms with Gasteiger partial charge in [-0.15, -0.1) is 0 Å². The van der Waals surface area contributed by atoms with E-state index in [9.17, 15) is 4.79 Å². The van der Waals surface area contributed by atoms with Gasteiger partial charge in [0.15, 0.2) is 0 Å². The molecule has 15 heavy (non-hydrogen) atoms. The van der Waals surface area contributed by atoms with Crippen LogP contribution in [0.15, 0.2) is 12.1 Å². The molecule has 0 unspecified atom stereocenters. The van der Waals surface area contributed by atoms with Gasteiger partial charge in [-0.1, -0.05) is 6.07 Å². The van der Waals surface area contributed by atoms with Gasteiger partial charge in [0.1, 0.15) is 0 Å². The molecule has 1 aliphatic carbocycles. The summed E-state index contributed by atoms with van der Waals surface area (Å²) in [6.45, 7) is 2.02. The van der Waals surface area contributed by atoms with E-state index in [-0.39, 0.29) is 5.97 Å². The van der Waals surface area contributed by atoms with Crippen molar-refractivity contribution < 1.29 is 9.53 Å². The fraction of sp³-hybridized carbons (Fsp3) is 0.462. The second-order valence-electron chi connectivity index (χ2n) is 4.07. The van der Waals surface area contributed by atoms with Crippen molar-refractivity contribution in [2.24, 2.45) is 0 Å². The first-order valence-electron chi connectivity index (χ1n) is 5.43. The monoisotopic (exact) mass is 204 g/mol. The summed E-state index contributed by atoms with van der Waals surface area (Å²) in [5, 5.41) is 0. The second-order valence-corrected chi connectivity index (χ2v) is 4.07. The quantitative estimate of drug-likeness (QED) is 0.657. The minimum absolute atomic E-state index is 0.221. The normalized spacial score (nSPS) is 14.5. The molecule has 0 bridgehead atoms. The molecule has 2 heteroatoms. The number of hydrogen-bond donors (Lipinski definition) is 0. The average molecular weight is 204 g/mol. The Morgan fingerprint density at radius 3 is 2.73 bits per heavy atom. The lowest BCUT2D eigenvalue weighted by atomic mass is 9.86. The maximum Gasteiger partial charge on any atom is 0.338 e. The molecular formula is C13H16O2. The third-order valence-electron chi connectivity index (χ3n) is 3.22. The number of carbonyl (C=O) groups is 1. The Kier molecular flexibility index (Phi) is 2.76. The highest BCUT2D eigenvalue weighted by Crippen LogP contribution is 2.26. The zero-order valence-corrected chi connectivity index (χ0v) is 9.30. The van der Waals surface area contributed by atoms with Crippen LogP contribution in [0.4, 0.5) is 0 Å². The summed E-state index contributed by atoms with van der Waals surface area (Å²) in [6, 6.07) is 3.97. The van der Waals surface area contributed by atoms with Crippen molar-refractivity contribution in [2.75, 3.05) is 7.11 Å². The highest BCUT2D eigenvalue weighted by atomic mass is 16.5. The van der Waals surface area contributed by atoms with Gasteiger partial charge in [0, 0.05) is 0 Å². The maximum atomic E-state index is 11.5. The number of hydrogen-bond acceptors (Lipinski definition) is 2. The molecule has 0 amide bonds. The third-order valence-corrected chi connectivity index (χ3v) is 3.22. The Hall–Kier alpha value is -1.31. The van der Waals surface area contributed by atoms with Gasteiger partial charge < -0.3 is 4.74 Å². The molecule has 0 aliphatic heterocycles. The summed E-state index contributed by atoms with van der Waals surface area (Å²) in [5.74, 6) is -0.221. The lowest BCUT2D eigenvalue weighted by Crippen LogP contribution is -2.10. The molecule has 80 valence electrons. The fourth-order valence-electron chi connectivity index (χ4n) is 2.34. The van der Waals surface area contributed by atoms with Crippen molar-refractivity contribution in [3.63, 3.8) is 0 Å². The summed E-state index contributed by atoms with van der Waals surface area (Å²) in [7, 11) is 1.43. The Bertz CT molecular complexity index is 394. The minimum atomic E-state index is -0.221. The van der Waals surface area contributed by atoms with Crippen LogP contribution in [-0.2, 0) is 17.6 Å². The largest absolute Gasteiger partial charge is 0.465 e. The molecule has 0 saturated heterocycles. The third kappa shape index (κ3) is 1.76. The number of esters is 1. The van der Waals surface area contributed by atoms with Crippen LogP contribution in [0.5, 0.6) is 0 Å². The average Bonchev–Trinajstić information content (AvgIpc) is 2.29. The van der Waals surface area contributed by atoms with Crippen molar-refractivity contribution in [2.45, 2.75) is 32.6 Å². The summed E-state index contributed by atoms with van der Waals surface area (Å²) in [4.78, 5) is 11.5. The van der Waals surface area contributed by atoms with E-state index in [4.69, 9.17) is 4.74 Å². The second kappa shape index (κ2) is 4.05. The number of aryl methyl sites for hydroxylation is 1. The molecule has 2 nitrogen and oxygen atoms in total. The van der Waals surface area contributed by atoms with E-state index < -0.39 is 0 Å². The topological polar surface area (TPSA) is 26.3 Å². The van der Waals surface area contributed by atoms with Crippen molar-refractivity contribution in [3.05, 3.63) is 34.4 Å². The Balaban J connectivity index is 2.47. The number of rotatable bonds is 1. The van der Waals surface area contributed by atoms with Crippen LogP contribution < -0.4 is 0 Å². The van der Waals surface area contributed by atoms with E-state index in [1.54, 1.807) is 0 Å². The van der Waals surface area contributed by atoms with Gasteiger partial charge in [0.2, 0.25) is 0 Å². The minimum Gasteiger partial charge on any atom is -0.465 e. The van der Waals surface area contributed by atoms with E-state index in [0.29, 0.717) is 0 Å². The fourth-order valence-corrected chi connectivity index (χ4v) is 2.34. The summed E-state index contributed by atoms with van der Waals surface area (Å²) < 4.78 is 4.77. The van der Waals surface area contributed by atoms with Gasteiger partial charge in [0.05, 0.1) is 12.7 Å². The molecule has 0 N–H and O–H groups in total. The van der Waals surface area contributed by atoms with Crippen LogP contribution in [-0.4, -0.2) is 13.1 Å². The Morgan fingerprint density at radius 1 is 1.27 bits per heavy atom. The van der Waals surface area contributed by atoms with Gasteiger partial charge in [-0.2, -0.15) is 0 Å². The number of fused-ring (bicyclic) bond motifs is 1. The molecule has 2 rings (SSSR count). The Labute approximate surface area is 90.3 Å². The molecular weight excluding hydrogens is 188 g/mol. The van der Waals surface area contributed by atoms with Gasteiger partial charge in [-0.25, -0.2) is 4.79 Å². The van der Waals surface area contributed by atoms with E-state index in [2.05, 4.69) is 6.07 Å². The first-order valence-corrected chi connectivity index (χ1v) is 5.43. The van der Waals surface area contributed by atoms with Crippen LogP contribution in [0.1, 0.15) is 39.9 Å². The molecule has 1 aromatic rings. The van der Waals surface area contributed by atoms with E-state index in [0.717, 1.165) is 24.0 Å². The van der Waals surface area contributed by atoms with E-state index in [1.807, 2.05) is 13.0 Å². The number of benzene rings is 1. The Morgan fingerprint density at radius 2 is 2.00 bits per heavy atom. The highest BCUT2D eigenvalue weighted by molar-refractivity contribution is 5.91. The predicted octanol–water partition coefficient (Wildman–Crippen LogP) is 2.66. The molecule has 0 atom stereocenters. The molecule has 1 aromatic carbocycles. The summed E-state index contributed by atoms with van der Waals surface area (Å²) in [6.07, 6.45) is 4.76. The predicted molar refractivity (Wildman–Crippen MR) is 59.2 cm³/mol. The lowest BCUT2D eigenvalue weighted by molar-refractivity contribution is 0.0599. The first-order chi connectivity index (χ1) is 7.24. The number of ether oxygens (including phenoxy) is 1. The zero-order chi connectivity index (χ0) is 10.8. The molecule has 0 spiro atoms. The molecule has 0 radical (unpaired) electrons. The van der Waals surface area contributed by atoms with Crippen molar-refractivity contribution in [3.8, 4) is 0 Å². The van der Waals surface area contributed by atoms with Gasteiger partial charge in [-0.3, -0.25) is 0 Å². The summed E-state index contributed by atoms with van der Waals surface area (Å²) >= 11 is 0. The highest BCUT2D eigenvalue weighted by Gasteiger charge is 2.17. The molecule has 0 aromatic heterocycles. The molecule has 1 aliphatic rings. The SMILES string of the molecule is COC(=O)c1ccc2c(c1C)CCCC2. The zero-order valence-electron chi connectivity index (χ0n) is 9.30. The molecule has 0 saturated carbocycles. The van der Waals surface area contributed by atoms with Crippen LogP contribution in [0, 0.1) is 6.92 Å². The lowest BCUT2D eigenvalue weighted by Gasteiger charge is -2.19. The number of methoxy groups -OCH3 is 1. The van der Waals surface area contributed by atoms with Gasteiger partial charge in [0.25, 0.3) is 0 Å². The van der Waals surface area contributed by atoms with Crippen molar-refractivity contribution in [1.82, 2.24) is 0 Å². The molecule has 0 fully saturated rings. The van der Waals surface area contributed by atoms with Crippen LogP contribution >= 0.6 is 0 Å². The van der Waals surface area contributed by atoms with Crippen LogP contribution in [0.2, 0.25) is 0 Å².